The van der Waals surface area contributed by atoms with Crippen LogP contribution in [0.15, 0.2) is 133 Å². The fraction of sp³-hybridized carbons (Fsp3) is 0.0250. The Labute approximate surface area is 247 Å². The molecule has 3 nitrogen and oxygen atoms in total. The van der Waals surface area contributed by atoms with Crippen molar-refractivity contribution in [2.75, 3.05) is 0 Å². The molecule has 0 aliphatic carbocycles. The van der Waals surface area contributed by atoms with Gasteiger partial charge in [0, 0.05) is 10.8 Å². The number of imidazole rings is 2. The minimum absolute atomic E-state index is 0.958. The van der Waals surface area contributed by atoms with Gasteiger partial charge in [-0.15, -0.1) is 0 Å². The molecule has 0 spiro atoms. The molecule has 0 aliphatic heterocycles. The smallest absolute Gasteiger partial charge is 0.220 e. The van der Waals surface area contributed by atoms with Gasteiger partial charge in [0.25, 0.3) is 0 Å². The van der Waals surface area contributed by atoms with Crippen LogP contribution in [-0.2, 0) is 0 Å². The van der Waals surface area contributed by atoms with E-state index in [1.807, 2.05) is 0 Å². The standard InChI is InChI=1S/C40H25N3/c1-24-15-16-31(32(17-24)25-9-3-2-4-10-25)30-19-34-33-18-26-11-5-7-13-28(26)21-36(33)43-39(34)38(23-30)42-37-22-29-14-8-6-12-27(29)20-35(37)41-40(42)43/h2-23H,1H3. The second-order valence-corrected chi connectivity index (χ2v) is 11.8. The Bertz CT molecular complexity index is 2730. The summed E-state index contributed by atoms with van der Waals surface area (Å²) in [6, 6.07) is 48.8. The van der Waals surface area contributed by atoms with Crippen LogP contribution in [0.2, 0.25) is 0 Å². The van der Waals surface area contributed by atoms with Gasteiger partial charge >= 0.3 is 0 Å². The lowest BCUT2D eigenvalue weighted by molar-refractivity contribution is 1.22. The molecule has 0 unspecified atom stereocenters. The van der Waals surface area contributed by atoms with E-state index in [0.29, 0.717) is 0 Å². The van der Waals surface area contributed by atoms with Crippen LogP contribution < -0.4 is 0 Å². The number of hydrogen-bond acceptors (Lipinski definition) is 1. The van der Waals surface area contributed by atoms with Crippen molar-refractivity contribution in [3.63, 3.8) is 0 Å². The number of fused-ring (bicyclic) bond motifs is 10. The number of nitrogens with zero attached hydrogens (tertiary/aromatic N) is 3. The minimum atomic E-state index is 0.958. The molecule has 10 rings (SSSR count). The quantitative estimate of drug-likeness (QED) is 0.211. The molecule has 3 aromatic heterocycles. The Kier molecular flexibility index (Phi) is 4.38. The Morgan fingerprint density at radius 3 is 1.91 bits per heavy atom. The average Bonchev–Trinajstić information content (AvgIpc) is 3.68. The lowest BCUT2D eigenvalue weighted by atomic mass is 9.92. The second-order valence-electron chi connectivity index (χ2n) is 11.8. The summed E-state index contributed by atoms with van der Waals surface area (Å²) in [6.07, 6.45) is 0. The summed E-state index contributed by atoms with van der Waals surface area (Å²) in [5.41, 5.74) is 11.9. The van der Waals surface area contributed by atoms with Crippen molar-refractivity contribution in [2.24, 2.45) is 0 Å². The van der Waals surface area contributed by atoms with Gasteiger partial charge in [-0.3, -0.25) is 8.80 Å². The van der Waals surface area contributed by atoms with Crippen molar-refractivity contribution in [1.29, 1.82) is 0 Å². The zero-order chi connectivity index (χ0) is 28.2. The molecular weight excluding hydrogens is 522 g/mol. The topological polar surface area (TPSA) is 21.7 Å². The normalized spacial score (nSPS) is 12.3. The highest BCUT2D eigenvalue weighted by atomic mass is 15.2. The maximum Gasteiger partial charge on any atom is 0.220 e. The summed E-state index contributed by atoms with van der Waals surface area (Å²) in [7, 11) is 0. The maximum absolute atomic E-state index is 5.29. The monoisotopic (exact) mass is 547 g/mol. The molecule has 200 valence electrons. The van der Waals surface area contributed by atoms with Crippen molar-refractivity contribution in [2.45, 2.75) is 6.92 Å². The highest BCUT2D eigenvalue weighted by molar-refractivity contribution is 6.20. The van der Waals surface area contributed by atoms with Gasteiger partial charge in [0.2, 0.25) is 5.78 Å². The Morgan fingerprint density at radius 2 is 1.14 bits per heavy atom. The summed E-state index contributed by atoms with van der Waals surface area (Å²) in [4.78, 5) is 5.29. The fourth-order valence-electron chi connectivity index (χ4n) is 7.25. The summed E-state index contributed by atoms with van der Waals surface area (Å²) in [5, 5.41) is 7.44. The van der Waals surface area contributed by atoms with Crippen molar-refractivity contribution in [3.05, 3.63) is 139 Å². The van der Waals surface area contributed by atoms with E-state index in [1.54, 1.807) is 0 Å². The van der Waals surface area contributed by atoms with E-state index in [2.05, 4.69) is 149 Å². The van der Waals surface area contributed by atoms with Crippen molar-refractivity contribution >= 4 is 65.7 Å². The van der Waals surface area contributed by atoms with E-state index in [1.165, 1.54) is 76.7 Å². The van der Waals surface area contributed by atoms with Gasteiger partial charge in [0.05, 0.1) is 27.6 Å². The maximum atomic E-state index is 5.29. The molecule has 0 fully saturated rings. The molecule has 0 aliphatic rings. The molecule has 10 aromatic rings. The number of aryl methyl sites for hydroxylation is 1. The second kappa shape index (κ2) is 8.21. The summed E-state index contributed by atoms with van der Waals surface area (Å²) in [5.74, 6) is 0.958. The number of aromatic nitrogens is 3. The molecule has 0 saturated carbocycles. The van der Waals surface area contributed by atoms with Crippen molar-refractivity contribution < 1.29 is 0 Å². The number of benzene rings is 7. The predicted octanol–water partition coefficient (Wildman–Crippen LogP) is 10.4. The fourth-order valence-corrected chi connectivity index (χ4v) is 7.25. The highest BCUT2D eigenvalue weighted by Crippen LogP contribution is 2.43. The van der Waals surface area contributed by atoms with Gasteiger partial charge in [0.15, 0.2) is 0 Å². The van der Waals surface area contributed by atoms with E-state index in [4.69, 9.17) is 4.98 Å². The third-order valence-electron chi connectivity index (χ3n) is 9.22. The molecule has 7 aromatic carbocycles. The van der Waals surface area contributed by atoms with E-state index < -0.39 is 0 Å². The zero-order valence-corrected chi connectivity index (χ0v) is 23.5. The van der Waals surface area contributed by atoms with Crippen molar-refractivity contribution in [3.8, 4) is 22.3 Å². The van der Waals surface area contributed by atoms with E-state index in [0.717, 1.165) is 16.8 Å². The molecule has 0 saturated heterocycles. The van der Waals surface area contributed by atoms with Gasteiger partial charge in [-0.2, -0.15) is 0 Å². The predicted molar refractivity (Wildman–Crippen MR) is 180 cm³/mol. The summed E-state index contributed by atoms with van der Waals surface area (Å²) >= 11 is 0. The van der Waals surface area contributed by atoms with Crippen LogP contribution in [0, 0.1) is 6.92 Å². The molecule has 3 heteroatoms. The molecule has 0 radical (unpaired) electrons. The van der Waals surface area contributed by atoms with Gasteiger partial charge in [-0.05, 0) is 87.1 Å². The van der Waals surface area contributed by atoms with Gasteiger partial charge in [0.1, 0.15) is 0 Å². The third kappa shape index (κ3) is 3.11. The molecule has 0 N–H and O–H groups in total. The van der Waals surface area contributed by atoms with Crippen molar-refractivity contribution in [1.82, 2.24) is 13.8 Å². The van der Waals surface area contributed by atoms with Gasteiger partial charge < -0.3 is 0 Å². The minimum Gasteiger partial charge on any atom is -0.277 e. The van der Waals surface area contributed by atoms with Gasteiger partial charge in [-0.25, -0.2) is 4.98 Å². The van der Waals surface area contributed by atoms with E-state index in [-0.39, 0.29) is 0 Å². The van der Waals surface area contributed by atoms with Crippen LogP contribution in [0.25, 0.3) is 87.9 Å². The highest BCUT2D eigenvalue weighted by Gasteiger charge is 2.23. The Balaban J connectivity index is 1.41. The third-order valence-corrected chi connectivity index (χ3v) is 9.22. The SMILES string of the molecule is Cc1ccc(-c2cc3c4cc5ccccc5cc4n4c3c(c2)n2c3cc5ccccc5cc3nc24)c(-c2ccccc2)c1. The average molecular weight is 548 g/mol. The summed E-state index contributed by atoms with van der Waals surface area (Å²) < 4.78 is 4.76. The van der Waals surface area contributed by atoms with Crippen LogP contribution in [-0.4, -0.2) is 13.8 Å². The Hall–Kier alpha value is -5.67. The first-order valence-corrected chi connectivity index (χ1v) is 14.8. The lowest BCUT2D eigenvalue weighted by Gasteiger charge is -2.12. The van der Waals surface area contributed by atoms with Crippen LogP contribution in [0.5, 0.6) is 0 Å². The van der Waals surface area contributed by atoms with E-state index in [9.17, 15) is 0 Å². The van der Waals surface area contributed by atoms with Crippen LogP contribution in [0.3, 0.4) is 0 Å². The van der Waals surface area contributed by atoms with Crippen LogP contribution >= 0.6 is 0 Å². The summed E-state index contributed by atoms with van der Waals surface area (Å²) in [6.45, 7) is 2.17. The molecule has 0 bridgehead atoms. The molecular formula is C40H25N3. The number of rotatable bonds is 2. The first-order chi connectivity index (χ1) is 21.2. The van der Waals surface area contributed by atoms with Gasteiger partial charge in [-0.1, -0.05) is 103 Å². The Morgan fingerprint density at radius 1 is 0.465 bits per heavy atom. The molecule has 0 atom stereocenters. The number of hydrogen-bond donors (Lipinski definition) is 0. The first kappa shape index (κ1) is 23.0. The zero-order valence-electron chi connectivity index (χ0n) is 23.5. The molecule has 43 heavy (non-hydrogen) atoms. The van der Waals surface area contributed by atoms with E-state index >= 15 is 0 Å². The lowest BCUT2D eigenvalue weighted by Crippen LogP contribution is -1.89. The van der Waals surface area contributed by atoms with Crippen LogP contribution in [0.4, 0.5) is 0 Å². The first-order valence-electron chi connectivity index (χ1n) is 14.8. The molecule has 0 amide bonds. The van der Waals surface area contributed by atoms with Crippen LogP contribution in [0.1, 0.15) is 5.56 Å². The molecule has 3 heterocycles. The largest absolute Gasteiger partial charge is 0.277 e.